The molecule has 0 aliphatic rings. The average molecular weight is 174 g/mol. The smallest absolute Gasteiger partial charge is 0.0453 e. The van der Waals surface area contributed by atoms with E-state index in [9.17, 15) is 0 Å². The Morgan fingerprint density at radius 1 is 1.50 bits per heavy atom. The van der Waals surface area contributed by atoms with E-state index in [0.29, 0.717) is 10.7 Å². The van der Waals surface area contributed by atoms with Crippen molar-refractivity contribution in [3.63, 3.8) is 0 Å². The van der Waals surface area contributed by atoms with Crippen LogP contribution in [0.1, 0.15) is 5.56 Å². The lowest BCUT2D eigenvalue weighted by molar-refractivity contribution is 1.39. The van der Waals surface area contributed by atoms with E-state index < -0.39 is 0 Å². The van der Waals surface area contributed by atoms with E-state index in [-0.39, 0.29) is 0 Å². The number of rotatable bonds is 0. The summed E-state index contributed by atoms with van der Waals surface area (Å²) in [5.41, 5.74) is 7.21. The van der Waals surface area contributed by atoms with E-state index in [4.69, 9.17) is 17.3 Å². The number of halogens is 1. The normalized spacial score (nSPS) is 9.90. The third-order valence-corrected chi connectivity index (χ3v) is 2.10. The second-order valence-electron chi connectivity index (χ2n) is 2.16. The molecule has 0 saturated carbocycles. The van der Waals surface area contributed by atoms with Crippen molar-refractivity contribution in [1.82, 2.24) is 0 Å². The maximum atomic E-state index is 5.78. The molecule has 1 nitrogen and oxygen atoms in total. The van der Waals surface area contributed by atoms with Gasteiger partial charge in [0.05, 0.1) is 0 Å². The number of aryl methyl sites for hydroxylation is 1. The lowest BCUT2D eigenvalue weighted by Gasteiger charge is -2.01. The number of thiol groups is 1. The molecule has 0 heterocycles. The summed E-state index contributed by atoms with van der Waals surface area (Å²) in [6.45, 7) is 1.91. The SMILES string of the molecule is Cc1cc(N)c(S)cc1Cl. The highest BCUT2D eigenvalue weighted by atomic mass is 35.5. The maximum absolute atomic E-state index is 5.78. The molecule has 0 spiro atoms. The molecule has 0 atom stereocenters. The fourth-order valence-corrected chi connectivity index (χ4v) is 1.13. The summed E-state index contributed by atoms with van der Waals surface area (Å²) < 4.78 is 0. The van der Waals surface area contributed by atoms with Crippen LogP contribution in [-0.2, 0) is 0 Å². The Balaban J connectivity index is 3.28. The number of nitrogen functional groups attached to an aromatic ring is 1. The molecular formula is C7H8ClNS. The van der Waals surface area contributed by atoms with Crippen molar-refractivity contribution in [1.29, 1.82) is 0 Å². The molecule has 54 valence electrons. The van der Waals surface area contributed by atoms with Crippen molar-refractivity contribution in [3.8, 4) is 0 Å². The van der Waals surface area contributed by atoms with Crippen LogP contribution in [-0.4, -0.2) is 0 Å². The Bertz CT molecular complexity index is 210. The Morgan fingerprint density at radius 2 is 2.10 bits per heavy atom. The topological polar surface area (TPSA) is 26.0 Å². The molecule has 0 amide bonds. The minimum Gasteiger partial charge on any atom is -0.398 e. The molecule has 1 aromatic rings. The van der Waals surface area contributed by atoms with Gasteiger partial charge in [-0.1, -0.05) is 11.6 Å². The molecule has 1 rings (SSSR count). The summed E-state index contributed by atoms with van der Waals surface area (Å²) in [6, 6.07) is 3.56. The van der Waals surface area contributed by atoms with Crippen molar-refractivity contribution in [2.75, 3.05) is 5.73 Å². The molecule has 0 bridgehead atoms. The van der Waals surface area contributed by atoms with Gasteiger partial charge in [0.15, 0.2) is 0 Å². The molecule has 0 aliphatic carbocycles. The second-order valence-corrected chi connectivity index (χ2v) is 3.05. The van der Waals surface area contributed by atoms with E-state index in [1.54, 1.807) is 6.07 Å². The van der Waals surface area contributed by atoms with E-state index in [1.165, 1.54) is 0 Å². The molecule has 0 unspecified atom stereocenters. The van der Waals surface area contributed by atoms with Gasteiger partial charge in [-0.2, -0.15) is 0 Å². The standard InChI is InChI=1S/C7H8ClNS/c1-4-2-6(9)7(10)3-5(4)8/h2-3,10H,9H2,1H3. The first-order valence-electron chi connectivity index (χ1n) is 2.86. The lowest BCUT2D eigenvalue weighted by atomic mass is 10.2. The van der Waals surface area contributed by atoms with Gasteiger partial charge in [0.1, 0.15) is 0 Å². The van der Waals surface area contributed by atoms with Crippen LogP contribution in [0, 0.1) is 6.92 Å². The van der Waals surface area contributed by atoms with Crippen molar-refractivity contribution < 1.29 is 0 Å². The average Bonchev–Trinajstić information content (AvgIpc) is 1.84. The summed E-state index contributed by atoms with van der Waals surface area (Å²) in [7, 11) is 0. The second kappa shape index (κ2) is 2.72. The van der Waals surface area contributed by atoms with E-state index in [2.05, 4.69) is 12.6 Å². The van der Waals surface area contributed by atoms with Crippen LogP contribution in [0.4, 0.5) is 5.69 Å². The van der Waals surface area contributed by atoms with Gasteiger partial charge < -0.3 is 5.73 Å². The van der Waals surface area contributed by atoms with Crippen molar-refractivity contribution >= 4 is 29.9 Å². The summed E-state index contributed by atoms with van der Waals surface area (Å²) in [4.78, 5) is 0.732. The Morgan fingerprint density at radius 3 is 2.60 bits per heavy atom. The third-order valence-electron chi connectivity index (χ3n) is 1.31. The first-order chi connectivity index (χ1) is 4.61. The monoisotopic (exact) mass is 173 g/mol. The zero-order valence-electron chi connectivity index (χ0n) is 5.56. The summed E-state index contributed by atoms with van der Waals surface area (Å²) in [5.74, 6) is 0. The highest BCUT2D eigenvalue weighted by Crippen LogP contribution is 2.24. The molecule has 0 radical (unpaired) electrons. The van der Waals surface area contributed by atoms with Crippen LogP contribution in [0.15, 0.2) is 17.0 Å². The van der Waals surface area contributed by atoms with Crippen LogP contribution >= 0.6 is 24.2 Å². The van der Waals surface area contributed by atoms with E-state index >= 15 is 0 Å². The summed E-state index contributed by atoms with van der Waals surface area (Å²) >= 11 is 9.89. The van der Waals surface area contributed by atoms with Gasteiger partial charge in [0.25, 0.3) is 0 Å². The molecule has 0 aliphatic heterocycles. The van der Waals surface area contributed by atoms with Gasteiger partial charge in [0.2, 0.25) is 0 Å². The van der Waals surface area contributed by atoms with Crippen molar-refractivity contribution in [3.05, 3.63) is 22.7 Å². The van der Waals surface area contributed by atoms with Gasteiger partial charge in [-0.05, 0) is 24.6 Å². The Kier molecular flexibility index (Phi) is 2.11. The number of benzene rings is 1. The van der Waals surface area contributed by atoms with Gasteiger partial charge in [-0.15, -0.1) is 12.6 Å². The lowest BCUT2D eigenvalue weighted by Crippen LogP contribution is -1.87. The molecule has 2 N–H and O–H groups in total. The predicted molar refractivity (Wildman–Crippen MR) is 47.9 cm³/mol. The number of hydrogen-bond donors (Lipinski definition) is 2. The Hall–Kier alpha value is -0.340. The number of anilines is 1. The summed E-state index contributed by atoms with van der Waals surface area (Å²) in [5, 5.41) is 0.708. The molecule has 0 aromatic heterocycles. The summed E-state index contributed by atoms with van der Waals surface area (Å²) in [6.07, 6.45) is 0. The molecule has 10 heavy (non-hydrogen) atoms. The Labute approximate surface area is 70.6 Å². The van der Waals surface area contributed by atoms with Crippen LogP contribution < -0.4 is 5.73 Å². The molecular weight excluding hydrogens is 166 g/mol. The quantitative estimate of drug-likeness (QED) is 0.458. The molecule has 1 aromatic carbocycles. The number of hydrogen-bond acceptors (Lipinski definition) is 2. The fourth-order valence-electron chi connectivity index (χ4n) is 0.693. The zero-order valence-corrected chi connectivity index (χ0v) is 7.21. The largest absolute Gasteiger partial charge is 0.398 e. The van der Waals surface area contributed by atoms with E-state index in [1.807, 2.05) is 13.0 Å². The van der Waals surface area contributed by atoms with Gasteiger partial charge >= 0.3 is 0 Å². The first kappa shape index (κ1) is 7.76. The minimum absolute atomic E-state index is 0.672. The predicted octanol–water partition coefficient (Wildman–Crippen LogP) is 2.52. The highest BCUT2D eigenvalue weighted by molar-refractivity contribution is 7.80. The van der Waals surface area contributed by atoms with Crippen LogP contribution in [0.25, 0.3) is 0 Å². The zero-order chi connectivity index (χ0) is 7.72. The highest BCUT2D eigenvalue weighted by Gasteiger charge is 1.98. The van der Waals surface area contributed by atoms with Gasteiger partial charge in [-0.25, -0.2) is 0 Å². The minimum atomic E-state index is 0.672. The van der Waals surface area contributed by atoms with Crippen molar-refractivity contribution in [2.45, 2.75) is 11.8 Å². The van der Waals surface area contributed by atoms with E-state index in [0.717, 1.165) is 10.5 Å². The molecule has 3 heteroatoms. The molecule has 0 fully saturated rings. The van der Waals surface area contributed by atoms with Crippen molar-refractivity contribution in [2.24, 2.45) is 0 Å². The fraction of sp³-hybridized carbons (Fsp3) is 0.143. The number of nitrogens with two attached hydrogens (primary N) is 1. The maximum Gasteiger partial charge on any atom is 0.0453 e. The molecule has 0 saturated heterocycles. The van der Waals surface area contributed by atoms with Gasteiger partial charge in [0, 0.05) is 15.6 Å². The van der Waals surface area contributed by atoms with Gasteiger partial charge in [-0.3, -0.25) is 0 Å². The van der Waals surface area contributed by atoms with Crippen LogP contribution in [0.5, 0.6) is 0 Å². The van der Waals surface area contributed by atoms with Crippen LogP contribution in [0.3, 0.4) is 0 Å². The first-order valence-corrected chi connectivity index (χ1v) is 3.68. The third kappa shape index (κ3) is 1.39. The van der Waals surface area contributed by atoms with Crippen LogP contribution in [0.2, 0.25) is 5.02 Å².